The lowest BCUT2D eigenvalue weighted by Gasteiger charge is -2.23. The molecule has 0 aliphatic heterocycles. The molecule has 0 unspecified atom stereocenters. The molecule has 4 N–H and O–H groups in total. The van der Waals surface area contributed by atoms with Gasteiger partial charge in [0.25, 0.3) is 0 Å². The quantitative estimate of drug-likeness (QED) is 0.364. The fourth-order valence-corrected chi connectivity index (χ4v) is 1.52. The highest BCUT2D eigenvalue weighted by Gasteiger charge is 2.18. The van der Waals surface area contributed by atoms with E-state index in [1.807, 2.05) is 13.8 Å². The Bertz CT molecular complexity index is 340. The second-order valence-corrected chi connectivity index (χ2v) is 4.89. The maximum Gasteiger partial charge on any atom is 0.329 e. The number of nitrogens with one attached hydrogen (secondary N) is 2. The van der Waals surface area contributed by atoms with Gasteiger partial charge in [-0.2, -0.15) is 0 Å². The van der Waals surface area contributed by atoms with Crippen molar-refractivity contribution >= 4 is 40.7 Å². The van der Waals surface area contributed by atoms with E-state index in [9.17, 15) is 4.79 Å². The number of nitrogens with two attached hydrogens (primary N) is 1. The van der Waals surface area contributed by atoms with Crippen molar-refractivity contribution in [1.82, 2.24) is 15.7 Å². The predicted molar refractivity (Wildman–Crippen MR) is 85.1 cm³/mol. The Balaban J connectivity index is 4.41. The van der Waals surface area contributed by atoms with Gasteiger partial charge in [-0.1, -0.05) is 0 Å². The molecule has 0 atom stereocenters. The number of carbonyl (C=O) groups excluding carboxylic acids is 1. The van der Waals surface area contributed by atoms with Gasteiger partial charge in [-0.3, -0.25) is 15.1 Å². The Hall–Kier alpha value is -1.03. The summed E-state index contributed by atoms with van der Waals surface area (Å²) in [5.74, 6) is 0. The lowest BCUT2D eigenvalue weighted by molar-refractivity contribution is 0.0720. The van der Waals surface area contributed by atoms with Crippen molar-refractivity contribution in [2.45, 2.75) is 33.3 Å². The van der Waals surface area contributed by atoms with Crippen LogP contribution < -0.4 is 16.5 Å². The van der Waals surface area contributed by atoms with Crippen molar-refractivity contribution in [3.8, 4) is 0 Å². The zero-order valence-corrected chi connectivity index (χ0v) is 13.6. The molecule has 0 fully saturated rings. The Labute approximate surface area is 130 Å². The van der Waals surface area contributed by atoms with Gasteiger partial charge in [0.05, 0.1) is 12.7 Å². The third kappa shape index (κ3) is 8.97. The van der Waals surface area contributed by atoms with Gasteiger partial charge in [0.2, 0.25) is 5.11 Å². The van der Waals surface area contributed by atoms with Gasteiger partial charge in [0.1, 0.15) is 0 Å². The summed E-state index contributed by atoms with van der Waals surface area (Å²) in [5.41, 5.74) is 7.79. The van der Waals surface area contributed by atoms with Gasteiger partial charge in [-0.15, -0.1) is 0 Å². The molecule has 0 aromatic carbocycles. The molecule has 0 heterocycles. The van der Waals surface area contributed by atoms with E-state index in [4.69, 9.17) is 27.5 Å². The van der Waals surface area contributed by atoms with Crippen molar-refractivity contribution in [2.24, 2.45) is 5.73 Å². The molecular weight excluding hydrogens is 300 g/mol. The number of hydrogen-bond acceptors (Lipinski definition) is 5. The van der Waals surface area contributed by atoms with Crippen LogP contribution in [0.3, 0.4) is 0 Å². The zero-order valence-electron chi connectivity index (χ0n) is 12.0. The number of hydrogen-bond donors (Lipinski definition) is 3. The minimum atomic E-state index is -0.501. The number of nitrogens with zero attached hydrogens (tertiary/aromatic N) is 1. The number of thiocarbonyl (C=S) groups is 2. The first-order chi connectivity index (χ1) is 9.38. The molecule has 0 rings (SSSR count). The summed E-state index contributed by atoms with van der Waals surface area (Å²) in [6.45, 7) is 6.98. The SMILES string of the molecule is CCONC(=S)N(CCCOC(C)C)C(=O)NC(N)=S. The summed E-state index contributed by atoms with van der Waals surface area (Å²) in [6, 6.07) is -0.501. The Morgan fingerprint density at radius 3 is 2.55 bits per heavy atom. The van der Waals surface area contributed by atoms with Crippen LogP contribution in [0.25, 0.3) is 0 Å². The highest BCUT2D eigenvalue weighted by atomic mass is 32.1. The fraction of sp³-hybridized carbons (Fsp3) is 0.727. The third-order valence-electron chi connectivity index (χ3n) is 2.00. The fourth-order valence-electron chi connectivity index (χ4n) is 1.20. The monoisotopic (exact) mass is 322 g/mol. The first-order valence-corrected chi connectivity index (χ1v) is 7.11. The van der Waals surface area contributed by atoms with Crippen molar-refractivity contribution in [1.29, 1.82) is 0 Å². The second kappa shape index (κ2) is 10.7. The largest absolute Gasteiger partial charge is 0.379 e. The highest BCUT2D eigenvalue weighted by molar-refractivity contribution is 7.80. The second-order valence-electron chi connectivity index (χ2n) is 4.06. The molecular formula is C11H22N4O3S2. The average Bonchev–Trinajstić information content (AvgIpc) is 2.34. The van der Waals surface area contributed by atoms with E-state index >= 15 is 0 Å². The lowest BCUT2D eigenvalue weighted by Crippen LogP contribution is -2.51. The highest BCUT2D eigenvalue weighted by Crippen LogP contribution is 1.98. The Morgan fingerprint density at radius 1 is 1.40 bits per heavy atom. The van der Waals surface area contributed by atoms with Crippen LogP contribution in [0.2, 0.25) is 0 Å². The van der Waals surface area contributed by atoms with Gasteiger partial charge in [0, 0.05) is 13.2 Å². The van der Waals surface area contributed by atoms with E-state index in [-0.39, 0.29) is 16.3 Å². The van der Waals surface area contributed by atoms with Crippen molar-refractivity contribution in [3.63, 3.8) is 0 Å². The summed E-state index contributed by atoms with van der Waals surface area (Å²) >= 11 is 9.71. The number of carbonyl (C=O) groups is 1. The van der Waals surface area contributed by atoms with Crippen LogP contribution in [-0.2, 0) is 9.57 Å². The molecule has 2 amide bonds. The number of hydroxylamine groups is 1. The molecule has 0 aromatic heterocycles. The van der Waals surface area contributed by atoms with Gasteiger partial charge in [0.15, 0.2) is 5.11 Å². The van der Waals surface area contributed by atoms with Gasteiger partial charge in [-0.05, 0) is 51.6 Å². The van der Waals surface area contributed by atoms with E-state index in [0.717, 1.165) is 0 Å². The van der Waals surface area contributed by atoms with Crippen LogP contribution in [0.15, 0.2) is 0 Å². The minimum Gasteiger partial charge on any atom is -0.379 e. The van der Waals surface area contributed by atoms with Crippen LogP contribution in [0.4, 0.5) is 4.79 Å². The molecule has 0 spiro atoms. The number of urea groups is 1. The van der Waals surface area contributed by atoms with Gasteiger partial charge >= 0.3 is 6.03 Å². The summed E-state index contributed by atoms with van der Waals surface area (Å²) in [7, 11) is 0. The van der Waals surface area contributed by atoms with E-state index in [1.54, 1.807) is 6.92 Å². The molecule has 9 heteroatoms. The van der Waals surface area contributed by atoms with E-state index in [1.165, 1.54) is 4.90 Å². The summed E-state index contributed by atoms with van der Waals surface area (Å²) in [4.78, 5) is 18.2. The maximum atomic E-state index is 11.9. The summed E-state index contributed by atoms with van der Waals surface area (Å²) in [5, 5.41) is 2.35. The van der Waals surface area contributed by atoms with Crippen LogP contribution in [0.1, 0.15) is 27.2 Å². The van der Waals surface area contributed by atoms with Crippen molar-refractivity contribution in [3.05, 3.63) is 0 Å². The Kier molecular flexibility index (Phi) is 10.2. The summed E-state index contributed by atoms with van der Waals surface area (Å²) < 4.78 is 5.41. The molecule has 7 nitrogen and oxygen atoms in total. The smallest absolute Gasteiger partial charge is 0.329 e. The molecule has 0 radical (unpaired) electrons. The number of amides is 2. The van der Waals surface area contributed by atoms with Crippen LogP contribution in [0, 0.1) is 0 Å². The topological polar surface area (TPSA) is 88.9 Å². The van der Waals surface area contributed by atoms with E-state index in [0.29, 0.717) is 26.2 Å². The van der Waals surface area contributed by atoms with E-state index in [2.05, 4.69) is 23.0 Å². The van der Waals surface area contributed by atoms with Crippen LogP contribution in [-0.4, -0.2) is 47.0 Å². The first-order valence-electron chi connectivity index (χ1n) is 6.29. The predicted octanol–water partition coefficient (Wildman–Crippen LogP) is 0.883. The van der Waals surface area contributed by atoms with Crippen molar-refractivity contribution in [2.75, 3.05) is 19.8 Å². The maximum absolute atomic E-state index is 11.9. The third-order valence-corrected chi connectivity index (χ3v) is 2.41. The molecule has 0 saturated heterocycles. The van der Waals surface area contributed by atoms with Gasteiger partial charge < -0.3 is 10.5 Å². The zero-order chi connectivity index (χ0) is 15.5. The molecule has 0 saturated carbocycles. The number of ether oxygens (including phenoxy) is 1. The normalized spacial score (nSPS) is 10.2. The molecule has 0 aliphatic carbocycles. The molecule has 0 bridgehead atoms. The Morgan fingerprint density at radius 2 is 2.05 bits per heavy atom. The van der Waals surface area contributed by atoms with Crippen molar-refractivity contribution < 1.29 is 14.4 Å². The molecule has 20 heavy (non-hydrogen) atoms. The molecule has 116 valence electrons. The molecule has 0 aliphatic rings. The average molecular weight is 322 g/mol. The summed E-state index contributed by atoms with van der Waals surface area (Å²) in [6.07, 6.45) is 0.763. The minimum absolute atomic E-state index is 0.113. The van der Waals surface area contributed by atoms with E-state index < -0.39 is 6.03 Å². The van der Waals surface area contributed by atoms with Crippen LogP contribution >= 0.6 is 24.4 Å². The number of rotatable bonds is 7. The molecule has 0 aromatic rings. The lowest BCUT2D eigenvalue weighted by atomic mass is 10.4. The van der Waals surface area contributed by atoms with Gasteiger partial charge in [-0.25, -0.2) is 10.3 Å². The van der Waals surface area contributed by atoms with Crippen LogP contribution in [0.5, 0.6) is 0 Å². The first kappa shape index (κ1) is 19.0. The standard InChI is InChI=1S/C11H22N4O3S2/c1-4-18-14-11(20)15(10(16)13-9(12)19)6-5-7-17-8(2)3/h8H,4-7H2,1-3H3,(H,14,20)(H3,12,13,16,19).